The molecule has 5 heteroatoms. The second-order valence-corrected chi connectivity index (χ2v) is 6.97. The van der Waals surface area contributed by atoms with Crippen molar-refractivity contribution in [1.82, 2.24) is 4.57 Å². The normalized spacial score (nSPS) is 11.0. The summed E-state index contributed by atoms with van der Waals surface area (Å²) in [6.45, 7) is 5.46. The minimum absolute atomic E-state index is 0.630. The van der Waals surface area contributed by atoms with E-state index < -0.39 is 0 Å². The molecule has 4 rings (SSSR count). The molecule has 1 aromatic heterocycles. The molecule has 0 radical (unpaired) electrons. The number of anilines is 1. The number of nitrogens with zero attached hydrogens (tertiary/aromatic N) is 2. The molecule has 0 unspecified atom stereocenters. The largest absolute Gasteiger partial charge is 0.710 e. The van der Waals surface area contributed by atoms with Crippen molar-refractivity contribution < 1.29 is 9.47 Å². The van der Waals surface area contributed by atoms with Crippen LogP contribution >= 0.6 is 0 Å². The van der Waals surface area contributed by atoms with Gasteiger partial charge in [-0.3, -0.25) is 0 Å². The van der Waals surface area contributed by atoms with E-state index in [9.17, 15) is 5.21 Å². The molecular weight excluding hydrogens is 362 g/mol. The Labute approximate surface area is 170 Å². The number of fused-ring (bicyclic) bond motifs is 1. The van der Waals surface area contributed by atoms with Crippen LogP contribution in [0.1, 0.15) is 25.0 Å². The summed E-state index contributed by atoms with van der Waals surface area (Å²) in [5.74, 6) is 0.821. The van der Waals surface area contributed by atoms with Gasteiger partial charge in [-0.15, -0.1) is 0 Å². The fourth-order valence-electron chi connectivity index (χ4n) is 3.42. The first kappa shape index (κ1) is 18.9. The molecule has 1 heterocycles. The van der Waals surface area contributed by atoms with Crippen molar-refractivity contribution in [3.63, 3.8) is 0 Å². The lowest BCUT2D eigenvalue weighted by Gasteiger charge is -2.07. The summed E-state index contributed by atoms with van der Waals surface area (Å²) in [6, 6.07) is 22.2. The zero-order valence-electron chi connectivity index (χ0n) is 16.8. The van der Waals surface area contributed by atoms with Crippen molar-refractivity contribution in [1.29, 1.82) is 0 Å². The van der Waals surface area contributed by atoms with Crippen LogP contribution in [0.15, 0.2) is 73.1 Å². The topological polar surface area (TPSA) is 53.1 Å². The van der Waals surface area contributed by atoms with E-state index in [-0.39, 0.29) is 0 Å². The van der Waals surface area contributed by atoms with Crippen molar-refractivity contribution in [3.05, 3.63) is 89.4 Å². The Kier molecular flexibility index (Phi) is 5.38. The molecule has 0 bridgehead atoms. The van der Waals surface area contributed by atoms with Crippen LogP contribution < -0.4 is 14.8 Å². The van der Waals surface area contributed by atoms with Crippen LogP contribution in [0.2, 0.25) is 0 Å². The molecule has 0 aliphatic rings. The quantitative estimate of drug-likeness (QED) is 0.365. The number of benzene rings is 3. The third-order valence-corrected chi connectivity index (χ3v) is 5.05. The maximum Gasteiger partial charge on any atom is 0.253 e. The molecule has 0 fully saturated rings. The van der Waals surface area contributed by atoms with Gasteiger partial charge in [0.05, 0.1) is 6.61 Å². The fourth-order valence-corrected chi connectivity index (χ4v) is 3.42. The predicted octanol–water partition coefficient (Wildman–Crippen LogP) is 4.84. The number of aryl methyl sites for hydroxylation is 1. The van der Waals surface area contributed by atoms with Crippen LogP contribution in [-0.4, -0.2) is 11.2 Å². The van der Waals surface area contributed by atoms with E-state index in [1.54, 1.807) is 6.33 Å². The van der Waals surface area contributed by atoms with E-state index >= 15 is 0 Å². The Morgan fingerprint density at radius 3 is 2.34 bits per heavy atom. The molecule has 5 nitrogen and oxygen atoms in total. The average Bonchev–Trinajstić information content (AvgIpc) is 3.09. The molecule has 0 spiro atoms. The Morgan fingerprint density at radius 2 is 1.66 bits per heavy atom. The van der Waals surface area contributed by atoms with Gasteiger partial charge >= 0.3 is 0 Å². The summed E-state index contributed by atoms with van der Waals surface area (Å²) >= 11 is 0. The van der Waals surface area contributed by atoms with Crippen LogP contribution in [0.5, 0.6) is 5.75 Å². The summed E-state index contributed by atoms with van der Waals surface area (Å²) in [5.41, 5.74) is 5.88. The van der Waals surface area contributed by atoms with E-state index in [0.29, 0.717) is 18.7 Å². The van der Waals surface area contributed by atoms with Crippen LogP contribution in [-0.2, 0) is 13.0 Å². The third-order valence-electron chi connectivity index (χ3n) is 5.05. The van der Waals surface area contributed by atoms with Crippen LogP contribution in [0.4, 0.5) is 5.69 Å². The van der Waals surface area contributed by atoms with E-state index in [0.717, 1.165) is 33.8 Å². The van der Waals surface area contributed by atoms with Gasteiger partial charge in [-0.2, -0.15) is 4.57 Å². The highest BCUT2D eigenvalue weighted by atomic mass is 16.5. The van der Waals surface area contributed by atoms with Gasteiger partial charge in [0.1, 0.15) is 11.4 Å². The Balaban J connectivity index is 1.55. The zero-order chi connectivity index (χ0) is 20.2. The van der Waals surface area contributed by atoms with E-state index in [1.165, 1.54) is 11.1 Å². The van der Waals surface area contributed by atoms with Gasteiger partial charge in [-0.1, -0.05) is 31.2 Å². The van der Waals surface area contributed by atoms with Crippen LogP contribution in [0.3, 0.4) is 0 Å². The molecule has 0 saturated carbocycles. The van der Waals surface area contributed by atoms with Gasteiger partial charge in [-0.05, 0) is 60.9 Å². The van der Waals surface area contributed by atoms with Crippen molar-refractivity contribution in [2.45, 2.75) is 26.8 Å². The molecule has 0 aliphatic carbocycles. The molecule has 0 saturated heterocycles. The number of rotatable bonds is 7. The summed E-state index contributed by atoms with van der Waals surface area (Å²) < 4.78 is 8.30. The first-order valence-corrected chi connectivity index (χ1v) is 9.97. The maximum absolute atomic E-state index is 12.5. The van der Waals surface area contributed by atoms with E-state index in [2.05, 4.69) is 36.5 Å². The molecular formula is C24H25N3O2. The summed E-state index contributed by atoms with van der Waals surface area (Å²) in [6.07, 6.45) is 2.60. The molecule has 0 atom stereocenters. The highest BCUT2D eigenvalue weighted by Crippen LogP contribution is 2.22. The van der Waals surface area contributed by atoms with Gasteiger partial charge < -0.3 is 15.3 Å². The molecule has 0 amide bonds. The van der Waals surface area contributed by atoms with Crippen molar-refractivity contribution >= 4 is 16.7 Å². The second kappa shape index (κ2) is 8.27. The molecule has 4 aromatic rings. The Morgan fingerprint density at radius 1 is 0.931 bits per heavy atom. The molecule has 29 heavy (non-hydrogen) atoms. The molecule has 3 aromatic carbocycles. The third kappa shape index (κ3) is 4.04. The van der Waals surface area contributed by atoms with Gasteiger partial charge in [0.25, 0.3) is 6.33 Å². The minimum Gasteiger partial charge on any atom is -0.710 e. The lowest BCUT2D eigenvalue weighted by Crippen LogP contribution is -2.23. The van der Waals surface area contributed by atoms with Gasteiger partial charge in [0.2, 0.25) is 0 Å². The highest BCUT2D eigenvalue weighted by Gasteiger charge is 2.14. The van der Waals surface area contributed by atoms with Crippen molar-refractivity contribution in [2.75, 3.05) is 11.9 Å². The number of hydrogen-bond donors (Lipinski definition) is 1. The summed E-state index contributed by atoms with van der Waals surface area (Å²) in [4.78, 5) is 0. The van der Waals surface area contributed by atoms with Gasteiger partial charge in [-0.25, -0.2) is 4.73 Å². The smallest absolute Gasteiger partial charge is 0.253 e. The monoisotopic (exact) mass is 387 g/mol. The fraction of sp³-hybridized carbons (Fsp3) is 0.208. The summed E-state index contributed by atoms with van der Waals surface area (Å²) in [5, 5.41) is 15.9. The second-order valence-electron chi connectivity index (χ2n) is 6.97. The first-order valence-electron chi connectivity index (χ1n) is 9.97. The lowest BCUT2D eigenvalue weighted by atomic mass is 10.1. The van der Waals surface area contributed by atoms with Crippen molar-refractivity contribution in [2.24, 2.45) is 0 Å². The van der Waals surface area contributed by atoms with Crippen LogP contribution in [0, 0.1) is 5.21 Å². The first-order chi connectivity index (χ1) is 14.2. The van der Waals surface area contributed by atoms with E-state index in [1.807, 2.05) is 54.0 Å². The predicted molar refractivity (Wildman–Crippen MR) is 117 cm³/mol. The van der Waals surface area contributed by atoms with Gasteiger partial charge in [0.15, 0.2) is 11.0 Å². The molecule has 1 N–H and O–H groups in total. The highest BCUT2D eigenvalue weighted by molar-refractivity contribution is 5.78. The summed E-state index contributed by atoms with van der Waals surface area (Å²) in [7, 11) is 0. The number of aromatic nitrogens is 2. The maximum atomic E-state index is 12.5. The molecule has 0 aliphatic heterocycles. The van der Waals surface area contributed by atoms with Crippen LogP contribution in [0.25, 0.3) is 16.7 Å². The Hall–Kier alpha value is -3.47. The average molecular weight is 387 g/mol. The number of nitrogens with one attached hydrogen (secondary N) is 1. The standard InChI is InChI=1S/C24H25N3O2/c1-3-18-5-7-19(8-6-18)16-25-20-9-14-23-24(15-20)27(28)17-26(23)21-10-12-22(13-11-21)29-4-2/h5-15,17,25H,3-4,16H2,1-2H3. The lowest BCUT2D eigenvalue weighted by molar-refractivity contribution is -0.577. The SMILES string of the molecule is CCOc1ccc(-n2c[n+]([O-])c3cc(NCc4ccc(CC)cc4)ccc32)cc1. The number of imidazole rings is 1. The number of hydrogen-bond acceptors (Lipinski definition) is 3. The van der Waals surface area contributed by atoms with Gasteiger partial charge in [0, 0.05) is 18.3 Å². The Bertz CT molecular complexity index is 1100. The van der Waals surface area contributed by atoms with E-state index in [4.69, 9.17) is 4.74 Å². The number of ether oxygens (including phenoxy) is 1. The molecule has 148 valence electrons. The minimum atomic E-state index is 0.630. The van der Waals surface area contributed by atoms with Crippen molar-refractivity contribution in [3.8, 4) is 11.4 Å². The zero-order valence-corrected chi connectivity index (χ0v) is 16.8.